The van der Waals surface area contributed by atoms with Crippen LogP contribution in [0.3, 0.4) is 0 Å². The van der Waals surface area contributed by atoms with E-state index in [-0.39, 0.29) is 0 Å². The Morgan fingerprint density at radius 3 is 2.36 bits per heavy atom. The van der Waals surface area contributed by atoms with Crippen molar-refractivity contribution in [2.45, 2.75) is 46.5 Å². The van der Waals surface area contributed by atoms with Gasteiger partial charge >= 0.3 is 0 Å². The van der Waals surface area contributed by atoms with E-state index in [1.165, 1.54) is 12.8 Å². The molecule has 0 fully saturated rings. The molecule has 4 heteroatoms. The molecule has 2 atom stereocenters. The third-order valence-corrected chi connectivity index (χ3v) is 2.63. The Kier molecular flexibility index (Phi) is 8.43. The summed E-state index contributed by atoms with van der Waals surface area (Å²) in [7, 11) is 0. The van der Waals surface area contributed by atoms with Crippen molar-refractivity contribution in [1.29, 1.82) is 0 Å². The molecule has 0 amide bonds. The summed E-state index contributed by atoms with van der Waals surface area (Å²) in [6, 6.07) is 0. The Labute approximate surface area is 89.7 Å². The fourth-order valence-corrected chi connectivity index (χ4v) is 1.57. The third kappa shape index (κ3) is 10.2. The highest BCUT2D eigenvalue weighted by Crippen LogP contribution is 2.15. The van der Waals surface area contributed by atoms with Crippen LogP contribution in [0.2, 0.25) is 0 Å². The molecule has 0 N–H and O–H groups in total. The lowest BCUT2D eigenvalue weighted by Gasteiger charge is -2.12. The van der Waals surface area contributed by atoms with Crippen LogP contribution in [-0.2, 0) is 15.5 Å². The van der Waals surface area contributed by atoms with E-state index in [0.717, 1.165) is 18.8 Å². The van der Waals surface area contributed by atoms with Gasteiger partial charge < -0.3 is 8.74 Å². The second kappa shape index (κ2) is 8.38. The zero-order valence-electron chi connectivity index (χ0n) is 9.32. The summed E-state index contributed by atoms with van der Waals surface area (Å²) in [6.45, 7) is 6.89. The fraction of sp³-hybridized carbons (Fsp3) is 1.00. The minimum atomic E-state index is -2.35. The molecule has 86 valence electrons. The molecule has 0 aliphatic rings. The summed E-state index contributed by atoms with van der Waals surface area (Å²) < 4.78 is 24.6. The van der Waals surface area contributed by atoms with Crippen LogP contribution in [0.1, 0.15) is 46.5 Å². The minimum Gasteiger partial charge on any atom is -0.750 e. The highest BCUT2D eigenvalue weighted by atomic mass is 32.2. The first-order chi connectivity index (χ1) is 6.52. The molecule has 0 spiro atoms. The van der Waals surface area contributed by atoms with E-state index in [2.05, 4.69) is 25.0 Å². The molecule has 0 heterocycles. The van der Waals surface area contributed by atoms with Gasteiger partial charge in [-0.15, -0.1) is 0 Å². The van der Waals surface area contributed by atoms with Crippen LogP contribution in [0.15, 0.2) is 0 Å². The molecule has 0 saturated heterocycles. The summed E-state index contributed by atoms with van der Waals surface area (Å²) in [5.41, 5.74) is 0. The molecular formula is C10H21O3S-. The lowest BCUT2D eigenvalue weighted by atomic mass is 9.98. The van der Waals surface area contributed by atoms with Gasteiger partial charge in [-0.1, -0.05) is 40.0 Å². The van der Waals surface area contributed by atoms with Crippen molar-refractivity contribution in [3.05, 3.63) is 0 Å². The van der Waals surface area contributed by atoms with Crippen molar-refractivity contribution in [1.82, 2.24) is 0 Å². The molecular weight excluding hydrogens is 200 g/mol. The van der Waals surface area contributed by atoms with Crippen LogP contribution < -0.4 is 0 Å². The Morgan fingerprint density at radius 2 is 1.86 bits per heavy atom. The quantitative estimate of drug-likeness (QED) is 0.592. The van der Waals surface area contributed by atoms with Gasteiger partial charge in [-0.05, 0) is 18.3 Å². The van der Waals surface area contributed by atoms with Crippen molar-refractivity contribution in [2.24, 2.45) is 11.8 Å². The molecule has 0 rings (SSSR count). The molecule has 2 unspecified atom stereocenters. The van der Waals surface area contributed by atoms with Crippen molar-refractivity contribution >= 4 is 11.4 Å². The maximum Gasteiger partial charge on any atom is 0.0842 e. The summed E-state index contributed by atoms with van der Waals surface area (Å²) in [4.78, 5) is 0. The minimum absolute atomic E-state index is 0.318. The van der Waals surface area contributed by atoms with Crippen molar-refractivity contribution < 1.29 is 12.9 Å². The van der Waals surface area contributed by atoms with E-state index < -0.39 is 11.4 Å². The van der Waals surface area contributed by atoms with Crippen molar-refractivity contribution in [3.63, 3.8) is 0 Å². The molecule has 0 radical (unpaired) electrons. The van der Waals surface area contributed by atoms with Crippen LogP contribution in [0.25, 0.3) is 0 Å². The van der Waals surface area contributed by atoms with E-state index in [4.69, 9.17) is 0 Å². The zero-order valence-corrected chi connectivity index (χ0v) is 10.1. The average molecular weight is 221 g/mol. The van der Waals surface area contributed by atoms with Gasteiger partial charge in [0.25, 0.3) is 0 Å². The highest BCUT2D eigenvalue weighted by molar-refractivity contribution is 7.74. The van der Waals surface area contributed by atoms with Crippen LogP contribution >= 0.6 is 0 Å². The molecule has 0 aliphatic carbocycles. The van der Waals surface area contributed by atoms with Crippen LogP contribution in [0.5, 0.6) is 0 Å². The fourth-order valence-electron chi connectivity index (χ4n) is 1.34. The first kappa shape index (κ1) is 14.1. The summed E-state index contributed by atoms with van der Waals surface area (Å²) in [6.07, 6.45) is 4.46. The van der Waals surface area contributed by atoms with Crippen molar-refractivity contribution in [3.8, 4) is 0 Å². The van der Waals surface area contributed by atoms with Crippen LogP contribution in [-0.4, -0.2) is 15.4 Å². The molecule has 0 saturated carbocycles. The largest absolute Gasteiger partial charge is 0.750 e. The van der Waals surface area contributed by atoms with Gasteiger partial charge in [0.2, 0.25) is 0 Å². The topological polar surface area (TPSA) is 49.4 Å². The van der Waals surface area contributed by atoms with Gasteiger partial charge in [0.05, 0.1) is 18.0 Å². The molecule has 0 aliphatic heterocycles. The summed E-state index contributed by atoms with van der Waals surface area (Å²) >= 11 is -2.35. The third-order valence-electron chi connectivity index (χ3n) is 2.27. The normalized spacial score (nSPS) is 15.8. The van der Waals surface area contributed by atoms with Gasteiger partial charge in [0, 0.05) is 0 Å². The maximum atomic E-state index is 10.1. The number of hydrogen-bond donors (Lipinski definition) is 0. The van der Waals surface area contributed by atoms with Crippen LogP contribution in [0, 0.1) is 11.8 Å². The lowest BCUT2D eigenvalue weighted by molar-refractivity contribution is 0.268. The lowest BCUT2D eigenvalue weighted by Crippen LogP contribution is -2.04. The molecule has 0 aromatic rings. The predicted octanol–water partition coefficient (Wildman–Crippen LogP) is 2.65. The van der Waals surface area contributed by atoms with E-state index in [1.807, 2.05) is 0 Å². The standard InChI is InChI=1S/C10H22O3S/c1-9(2)5-4-6-10(3)7-8-13-14(11)12/h9-10H,4-8H2,1-3H3,(H,11,12)/p-1. The van der Waals surface area contributed by atoms with Gasteiger partial charge in [0.15, 0.2) is 0 Å². The molecule has 0 bridgehead atoms. The summed E-state index contributed by atoms with van der Waals surface area (Å²) in [5, 5.41) is 0. The Bertz CT molecular complexity index is 159. The number of rotatable bonds is 8. The molecule has 3 nitrogen and oxygen atoms in total. The van der Waals surface area contributed by atoms with Gasteiger partial charge in [-0.25, -0.2) is 4.21 Å². The van der Waals surface area contributed by atoms with E-state index in [9.17, 15) is 8.76 Å². The van der Waals surface area contributed by atoms with Crippen LogP contribution in [0.4, 0.5) is 0 Å². The first-order valence-electron chi connectivity index (χ1n) is 5.25. The smallest absolute Gasteiger partial charge is 0.0842 e. The molecule has 14 heavy (non-hydrogen) atoms. The SMILES string of the molecule is CC(C)CCCC(C)CCOS(=O)[O-]. The monoisotopic (exact) mass is 221 g/mol. The van der Waals surface area contributed by atoms with Crippen molar-refractivity contribution in [2.75, 3.05) is 6.61 Å². The average Bonchev–Trinajstić information content (AvgIpc) is 2.02. The highest BCUT2D eigenvalue weighted by Gasteiger charge is 2.03. The summed E-state index contributed by atoms with van der Waals surface area (Å²) in [5.74, 6) is 1.31. The maximum absolute atomic E-state index is 10.1. The Balaban J connectivity index is 3.27. The molecule has 0 aromatic heterocycles. The van der Waals surface area contributed by atoms with Gasteiger partial charge in [-0.2, -0.15) is 0 Å². The number of hydrogen-bond acceptors (Lipinski definition) is 3. The van der Waals surface area contributed by atoms with Gasteiger partial charge in [0.1, 0.15) is 0 Å². The van der Waals surface area contributed by atoms with E-state index in [1.54, 1.807) is 0 Å². The van der Waals surface area contributed by atoms with E-state index >= 15 is 0 Å². The second-order valence-electron chi connectivity index (χ2n) is 4.24. The van der Waals surface area contributed by atoms with Gasteiger partial charge in [-0.3, -0.25) is 0 Å². The Morgan fingerprint density at radius 1 is 1.21 bits per heavy atom. The van der Waals surface area contributed by atoms with E-state index in [0.29, 0.717) is 12.5 Å². The second-order valence-corrected chi connectivity index (χ2v) is 4.89. The predicted molar refractivity (Wildman–Crippen MR) is 57.3 cm³/mol. The zero-order chi connectivity index (χ0) is 11.0. The Hall–Kier alpha value is 0.0700. The first-order valence-corrected chi connectivity index (χ1v) is 6.25. The molecule has 0 aromatic carbocycles.